The normalized spacial score (nSPS) is 33.0. The molecule has 1 fully saturated rings. The quantitative estimate of drug-likeness (QED) is 0.605. The number of alkyl halides is 3. The van der Waals surface area contributed by atoms with Crippen molar-refractivity contribution in [2.45, 2.75) is 37.8 Å². The lowest BCUT2D eigenvalue weighted by Gasteiger charge is -2.29. The van der Waals surface area contributed by atoms with E-state index >= 15 is 0 Å². The zero-order valence-electron chi connectivity index (χ0n) is 7.08. The third-order valence-corrected chi connectivity index (χ3v) is 2.23. The van der Waals surface area contributed by atoms with Crippen LogP contribution in [0.4, 0.5) is 13.2 Å². The Bertz CT molecular complexity index is 145. The molecule has 1 saturated heterocycles. The minimum atomic E-state index is -3.29. The monoisotopic (exact) mass is 182 g/mol. The van der Waals surface area contributed by atoms with Gasteiger partial charge in [0.15, 0.2) is 5.67 Å². The van der Waals surface area contributed by atoms with Crippen LogP contribution in [0.15, 0.2) is 0 Å². The Hall–Kier alpha value is -0.250. The van der Waals surface area contributed by atoms with Crippen LogP contribution in [0.5, 0.6) is 0 Å². The average Bonchev–Trinajstić information content (AvgIpc) is 2.12. The molecule has 0 bridgehead atoms. The van der Waals surface area contributed by atoms with Gasteiger partial charge >= 0.3 is 0 Å². The van der Waals surface area contributed by atoms with Gasteiger partial charge in [0.05, 0.1) is 6.61 Å². The summed E-state index contributed by atoms with van der Waals surface area (Å²) in [4.78, 5) is 0. The van der Waals surface area contributed by atoms with Crippen LogP contribution in [0.3, 0.4) is 0 Å². The second-order valence-corrected chi connectivity index (χ2v) is 3.36. The fraction of sp³-hybridized carbons (Fsp3) is 1.00. The summed E-state index contributed by atoms with van der Waals surface area (Å²) >= 11 is 0. The lowest BCUT2D eigenvalue weighted by Crippen LogP contribution is -2.45. The zero-order chi connectivity index (χ0) is 9.24. The first kappa shape index (κ1) is 9.84. The van der Waals surface area contributed by atoms with Gasteiger partial charge in [-0.25, -0.2) is 13.2 Å². The first-order valence-corrected chi connectivity index (χ1v) is 4.10. The van der Waals surface area contributed by atoms with Crippen LogP contribution in [-0.4, -0.2) is 24.8 Å². The predicted molar refractivity (Wildman–Crippen MR) is 39.1 cm³/mol. The zero-order valence-corrected chi connectivity index (χ0v) is 7.08. The first-order chi connectivity index (χ1) is 5.46. The highest BCUT2D eigenvalue weighted by Gasteiger charge is 2.51. The molecule has 1 heterocycles. The number of rotatable bonds is 1. The topological polar surface area (TPSA) is 9.23 Å². The molecule has 1 unspecified atom stereocenters. The van der Waals surface area contributed by atoms with Gasteiger partial charge in [0, 0.05) is 13.5 Å². The smallest absolute Gasteiger partial charge is 0.281 e. The molecular formula is C8H13F3O. The van der Waals surface area contributed by atoms with Gasteiger partial charge in [-0.1, -0.05) is 0 Å². The Labute approximate surface area is 69.9 Å². The standard InChI is InChI=1S/C8H13F3O/c1-7(9,10)8(11)4-2-3-5-12-6-8/h2-6H2,1H3. The molecule has 0 radical (unpaired) electrons. The summed E-state index contributed by atoms with van der Waals surface area (Å²) < 4.78 is 43.7. The summed E-state index contributed by atoms with van der Waals surface area (Å²) in [6.45, 7) is 0.528. The summed E-state index contributed by atoms with van der Waals surface area (Å²) in [5.74, 6) is -3.29. The van der Waals surface area contributed by atoms with Crippen LogP contribution < -0.4 is 0 Å². The van der Waals surface area contributed by atoms with Crippen LogP contribution in [0.2, 0.25) is 0 Å². The van der Waals surface area contributed by atoms with E-state index in [0.717, 1.165) is 0 Å². The van der Waals surface area contributed by atoms with Crippen molar-refractivity contribution in [1.29, 1.82) is 0 Å². The van der Waals surface area contributed by atoms with Crippen LogP contribution in [0, 0.1) is 0 Å². The Morgan fingerprint density at radius 1 is 1.33 bits per heavy atom. The molecule has 4 heteroatoms. The molecule has 0 aliphatic carbocycles. The second kappa shape index (κ2) is 3.24. The van der Waals surface area contributed by atoms with Crippen LogP contribution in [0.25, 0.3) is 0 Å². The molecule has 1 rings (SSSR count). The second-order valence-electron chi connectivity index (χ2n) is 3.36. The third-order valence-electron chi connectivity index (χ3n) is 2.23. The lowest BCUT2D eigenvalue weighted by atomic mass is 9.94. The first-order valence-electron chi connectivity index (χ1n) is 4.10. The molecule has 1 atom stereocenters. The third kappa shape index (κ3) is 1.91. The van der Waals surface area contributed by atoms with Crippen molar-refractivity contribution in [2.24, 2.45) is 0 Å². The average molecular weight is 182 g/mol. The number of ether oxygens (including phenoxy) is 1. The van der Waals surface area contributed by atoms with Crippen molar-refractivity contribution in [3.63, 3.8) is 0 Å². The molecule has 0 amide bonds. The lowest BCUT2D eigenvalue weighted by molar-refractivity contribution is -0.151. The molecule has 0 spiro atoms. The predicted octanol–water partition coefficient (Wildman–Crippen LogP) is 2.55. The van der Waals surface area contributed by atoms with Crippen molar-refractivity contribution >= 4 is 0 Å². The number of hydrogen-bond donors (Lipinski definition) is 0. The van der Waals surface area contributed by atoms with Crippen molar-refractivity contribution in [2.75, 3.05) is 13.2 Å². The van der Waals surface area contributed by atoms with Gasteiger partial charge < -0.3 is 4.74 Å². The molecule has 12 heavy (non-hydrogen) atoms. The minimum Gasteiger partial charge on any atom is -0.378 e. The summed E-state index contributed by atoms with van der Waals surface area (Å²) in [6, 6.07) is 0. The van der Waals surface area contributed by atoms with Crippen molar-refractivity contribution in [3.05, 3.63) is 0 Å². The maximum atomic E-state index is 13.5. The van der Waals surface area contributed by atoms with Crippen LogP contribution >= 0.6 is 0 Å². The number of hydrogen-bond acceptors (Lipinski definition) is 1. The number of halogens is 3. The maximum absolute atomic E-state index is 13.5. The van der Waals surface area contributed by atoms with E-state index in [1.165, 1.54) is 0 Å². The summed E-state index contributed by atoms with van der Waals surface area (Å²) in [5.41, 5.74) is -2.45. The molecule has 0 aromatic heterocycles. The molecule has 72 valence electrons. The molecule has 0 aromatic rings. The fourth-order valence-corrected chi connectivity index (χ4v) is 1.26. The van der Waals surface area contributed by atoms with Gasteiger partial charge in [-0.05, 0) is 19.3 Å². The molecular weight excluding hydrogens is 169 g/mol. The van der Waals surface area contributed by atoms with E-state index in [-0.39, 0.29) is 6.42 Å². The van der Waals surface area contributed by atoms with E-state index in [2.05, 4.69) is 0 Å². The van der Waals surface area contributed by atoms with Gasteiger partial charge in [0.25, 0.3) is 5.92 Å². The molecule has 1 aliphatic rings. The Morgan fingerprint density at radius 2 is 2.00 bits per heavy atom. The van der Waals surface area contributed by atoms with E-state index in [0.29, 0.717) is 26.4 Å². The Kier molecular flexibility index (Phi) is 2.66. The van der Waals surface area contributed by atoms with Gasteiger partial charge in [-0.3, -0.25) is 0 Å². The van der Waals surface area contributed by atoms with E-state index in [4.69, 9.17) is 4.74 Å². The Balaban J connectivity index is 2.67. The largest absolute Gasteiger partial charge is 0.378 e. The Morgan fingerprint density at radius 3 is 2.58 bits per heavy atom. The molecule has 0 aromatic carbocycles. The molecule has 1 aliphatic heterocycles. The van der Waals surface area contributed by atoms with Gasteiger partial charge in [0.1, 0.15) is 0 Å². The highest BCUT2D eigenvalue weighted by molar-refractivity contribution is 4.91. The van der Waals surface area contributed by atoms with Crippen molar-refractivity contribution < 1.29 is 17.9 Å². The molecule has 0 N–H and O–H groups in total. The van der Waals surface area contributed by atoms with Crippen molar-refractivity contribution in [1.82, 2.24) is 0 Å². The van der Waals surface area contributed by atoms with Crippen molar-refractivity contribution in [3.8, 4) is 0 Å². The maximum Gasteiger partial charge on any atom is 0.281 e. The highest BCUT2D eigenvalue weighted by Crippen LogP contribution is 2.37. The fourth-order valence-electron chi connectivity index (χ4n) is 1.26. The van der Waals surface area contributed by atoms with E-state index in [9.17, 15) is 13.2 Å². The van der Waals surface area contributed by atoms with Gasteiger partial charge in [-0.2, -0.15) is 0 Å². The van der Waals surface area contributed by atoms with Crippen LogP contribution in [-0.2, 0) is 4.74 Å². The molecule has 0 saturated carbocycles. The van der Waals surface area contributed by atoms with Gasteiger partial charge in [-0.15, -0.1) is 0 Å². The minimum absolute atomic E-state index is 0.101. The molecule has 1 nitrogen and oxygen atoms in total. The van der Waals surface area contributed by atoms with E-state index in [1.807, 2.05) is 0 Å². The summed E-state index contributed by atoms with van der Waals surface area (Å²) in [7, 11) is 0. The van der Waals surface area contributed by atoms with E-state index < -0.39 is 18.2 Å². The highest BCUT2D eigenvalue weighted by atomic mass is 19.3. The summed E-state index contributed by atoms with van der Waals surface area (Å²) in [6.07, 6.45) is 1.04. The van der Waals surface area contributed by atoms with Crippen LogP contribution in [0.1, 0.15) is 26.2 Å². The van der Waals surface area contributed by atoms with Gasteiger partial charge in [0.2, 0.25) is 0 Å². The SMILES string of the molecule is CC(F)(F)C1(F)CCCCOC1. The summed E-state index contributed by atoms with van der Waals surface area (Å²) in [5, 5.41) is 0. The van der Waals surface area contributed by atoms with E-state index in [1.54, 1.807) is 0 Å².